The summed E-state index contributed by atoms with van der Waals surface area (Å²) in [6, 6.07) is 5.25. The van der Waals surface area contributed by atoms with E-state index < -0.39 is 0 Å². The van der Waals surface area contributed by atoms with Crippen LogP contribution in [0, 0.1) is 5.41 Å². The van der Waals surface area contributed by atoms with Crippen LogP contribution in [-0.2, 0) is 0 Å². The SMILES string of the molecule is CNC(=N)N(C)c1c(Cl)cccc1Cl. The molecule has 1 rings (SSSR count). The van der Waals surface area contributed by atoms with E-state index >= 15 is 0 Å². The summed E-state index contributed by atoms with van der Waals surface area (Å²) in [6.07, 6.45) is 0. The fraction of sp³-hybridized carbons (Fsp3) is 0.222. The lowest BCUT2D eigenvalue weighted by Crippen LogP contribution is -2.35. The zero-order valence-electron chi connectivity index (χ0n) is 7.94. The Balaban J connectivity index is 3.11. The fourth-order valence-corrected chi connectivity index (χ4v) is 1.74. The van der Waals surface area contributed by atoms with Crippen molar-refractivity contribution in [2.24, 2.45) is 0 Å². The molecule has 0 aromatic heterocycles. The topological polar surface area (TPSA) is 39.1 Å². The number of anilines is 1. The first-order chi connectivity index (χ1) is 6.57. The van der Waals surface area contributed by atoms with Crippen LogP contribution in [0.1, 0.15) is 0 Å². The normalized spacial score (nSPS) is 9.71. The summed E-state index contributed by atoms with van der Waals surface area (Å²) in [5, 5.41) is 11.3. The number of rotatable bonds is 1. The molecule has 1 aromatic rings. The molecule has 2 N–H and O–H groups in total. The van der Waals surface area contributed by atoms with Crippen molar-refractivity contribution < 1.29 is 0 Å². The van der Waals surface area contributed by atoms with Crippen molar-refractivity contribution in [3.05, 3.63) is 28.2 Å². The first-order valence-corrected chi connectivity index (χ1v) is 4.77. The Morgan fingerprint density at radius 1 is 1.36 bits per heavy atom. The predicted molar refractivity (Wildman–Crippen MR) is 61.7 cm³/mol. The summed E-state index contributed by atoms with van der Waals surface area (Å²) < 4.78 is 0. The van der Waals surface area contributed by atoms with Gasteiger partial charge in [-0.25, -0.2) is 0 Å². The molecule has 5 heteroatoms. The second-order valence-corrected chi connectivity index (χ2v) is 3.54. The van der Waals surface area contributed by atoms with Gasteiger partial charge in [0.1, 0.15) is 0 Å². The quantitative estimate of drug-likeness (QED) is 0.577. The molecule has 0 unspecified atom stereocenters. The van der Waals surface area contributed by atoms with Crippen LogP contribution in [0.15, 0.2) is 18.2 Å². The number of hydrogen-bond acceptors (Lipinski definition) is 1. The highest BCUT2D eigenvalue weighted by atomic mass is 35.5. The number of guanidine groups is 1. The Hall–Kier alpha value is -0.930. The van der Waals surface area contributed by atoms with Crippen LogP contribution in [0.2, 0.25) is 10.0 Å². The molecule has 0 bridgehead atoms. The molecule has 0 amide bonds. The van der Waals surface area contributed by atoms with Gasteiger partial charge < -0.3 is 10.2 Å². The zero-order valence-corrected chi connectivity index (χ0v) is 9.45. The van der Waals surface area contributed by atoms with Crippen molar-refractivity contribution in [1.82, 2.24) is 5.32 Å². The van der Waals surface area contributed by atoms with E-state index in [9.17, 15) is 0 Å². The number of hydrogen-bond donors (Lipinski definition) is 2. The van der Waals surface area contributed by atoms with Gasteiger partial charge >= 0.3 is 0 Å². The van der Waals surface area contributed by atoms with Gasteiger partial charge in [-0.15, -0.1) is 0 Å². The number of benzene rings is 1. The third kappa shape index (κ3) is 2.11. The standard InChI is InChI=1S/C9H11Cl2N3/c1-13-9(12)14(2)8-6(10)4-3-5-7(8)11/h3-5H,1-2H3,(H2,12,13). The van der Waals surface area contributed by atoms with Crippen LogP contribution in [-0.4, -0.2) is 20.1 Å². The highest BCUT2D eigenvalue weighted by Gasteiger charge is 2.12. The van der Waals surface area contributed by atoms with E-state index in [4.69, 9.17) is 28.6 Å². The molecule has 3 nitrogen and oxygen atoms in total. The molecule has 0 heterocycles. The Morgan fingerprint density at radius 3 is 2.29 bits per heavy atom. The third-order valence-corrected chi connectivity index (χ3v) is 2.46. The molecule has 0 aliphatic heterocycles. The second-order valence-electron chi connectivity index (χ2n) is 2.73. The first kappa shape index (κ1) is 11.1. The largest absolute Gasteiger partial charge is 0.359 e. The van der Waals surface area contributed by atoms with E-state index in [0.29, 0.717) is 15.7 Å². The summed E-state index contributed by atoms with van der Waals surface area (Å²) in [4.78, 5) is 1.59. The van der Waals surface area contributed by atoms with Gasteiger partial charge in [-0.2, -0.15) is 0 Å². The highest BCUT2D eigenvalue weighted by Crippen LogP contribution is 2.32. The lowest BCUT2D eigenvalue weighted by Gasteiger charge is -2.21. The molecular weight excluding hydrogens is 221 g/mol. The van der Waals surface area contributed by atoms with Gasteiger partial charge in [0.05, 0.1) is 15.7 Å². The lowest BCUT2D eigenvalue weighted by molar-refractivity contribution is 1.06. The van der Waals surface area contributed by atoms with Gasteiger partial charge in [0, 0.05) is 14.1 Å². The van der Waals surface area contributed by atoms with E-state index in [1.807, 2.05) is 0 Å². The molecule has 0 radical (unpaired) electrons. The summed E-state index contributed by atoms with van der Waals surface area (Å²) in [5.41, 5.74) is 0.634. The molecule has 0 saturated carbocycles. The average Bonchev–Trinajstić information content (AvgIpc) is 2.16. The van der Waals surface area contributed by atoms with Crippen molar-refractivity contribution in [3.63, 3.8) is 0 Å². The first-order valence-electron chi connectivity index (χ1n) is 4.02. The van der Waals surface area contributed by atoms with Crippen LogP contribution >= 0.6 is 23.2 Å². The van der Waals surface area contributed by atoms with Gasteiger partial charge in [-0.3, -0.25) is 5.41 Å². The molecule has 76 valence electrons. The van der Waals surface area contributed by atoms with Gasteiger partial charge in [0.25, 0.3) is 0 Å². The number of nitrogens with zero attached hydrogens (tertiary/aromatic N) is 1. The molecular formula is C9H11Cl2N3. The Bertz CT molecular complexity index is 332. The maximum atomic E-state index is 7.57. The van der Waals surface area contributed by atoms with Gasteiger partial charge in [-0.05, 0) is 12.1 Å². The van der Waals surface area contributed by atoms with Crippen LogP contribution < -0.4 is 10.2 Å². The summed E-state index contributed by atoms with van der Waals surface area (Å²) >= 11 is 11.9. The van der Waals surface area contributed by atoms with Gasteiger partial charge in [-0.1, -0.05) is 29.3 Å². The monoisotopic (exact) mass is 231 g/mol. The van der Waals surface area contributed by atoms with Crippen molar-refractivity contribution in [2.45, 2.75) is 0 Å². The van der Waals surface area contributed by atoms with Crippen LogP contribution in [0.5, 0.6) is 0 Å². The molecule has 0 aliphatic rings. The molecule has 0 aliphatic carbocycles. The van der Waals surface area contributed by atoms with Crippen LogP contribution in [0.4, 0.5) is 5.69 Å². The minimum Gasteiger partial charge on any atom is -0.359 e. The summed E-state index contributed by atoms with van der Waals surface area (Å²) in [7, 11) is 3.40. The highest BCUT2D eigenvalue weighted by molar-refractivity contribution is 6.39. The van der Waals surface area contributed by atoms with E-state index in [-0.39, 0.29) is 5.96 Å². The van der Waals surface area contributed by atoms with E-state index in [1.165, 1.54) is 0 Å². The summed E-state index contributed by atoms with van der Waals surface area (Å²) in [5.74, 6) is 0.236. The van der Waals surface area contributed by atoms with Gasteiger partial charge in [0.15, 0.2) is 5.96 Å². The number of para-hydroxylation sites is 1. The van der Waals surface area contributed by atoms with Gasteiger partial charge in [0.2, 0.25) is 0 Å². The minimum atomic E-state index is 0.236. The molecule has 0 spiro atoms. The Kier molecular flexibility index (Phi) is 3.61. The zero-order chi connectivity index (χ0) is 10.7. The summed E-state index contributed by atoms with van der Waals surface area (Å²) in [6.45, 7) is 0. The smallest absolute Gasteiger partial charge is 0.195 e. The van der Waals surface area contributed by atoms with Crippen molar-refractivity contribution in [1.29, 1.82) is 5.41 Å². The second kappa shape index (κ2) is 4.53. The third-order valence-electron chi connectivity index (χ3n) is 1.85. The maximum absolute atomic E-state index is 7.57. The molecule has 0 saturated heterocycles. The number of halogens is 2. The lowest BCUT2D eigenvalue weighted by atomic mass is 10.3. The Labute approximate surface area is 93.1 Å². The van der Waals surface area contributed by atoms with Crippen molar-refractivity contribution >= 4 is 34.8 Å². The average molecular weight is 232 g/mol. The fourth-order valence-electron chi connectivity index (χ4n) is 1.09. The predicted octanol–water partition coefficient (Wildman–Crippen LogP) is 2.58. The number of nitrogens with one attached hydrogen (secondary N) is 2. The molecule has 14 heavy (non-hydrogen) atoms. The van der Waals surface area contributed by atoms with Crippen LogP contribution in [0.3, 0.4) is 0 Å². The van der Waals surface area contributed by atoms with E-state index in [1.54, 1.807) is 37.2 Å². The van der Waals surface area contributed by atoms with Crippen molar-refractivity contribution in [2.75, 3.05) is 19.0 Å². The maximum Gasteiger partial charge on any atom is 0.195 e. The molecule has 0 fully saturated rings. The molecule has 0 atom stereocenters. The van der Waals surface area contributed by atoms with E-state index in [0.717, 1.165) is 0 Å². The van der Waals surface area contributed by atoms with Crippen molar-refractivity contribution in [3.8, 4) is 0 Å². The van der Waals surface area contributed by atoms with Crippen LogP contribution in [0.25, 0.3) is 0 Å². The van der Waals surface area contributed by atoms with E-state index in [2.05, 4.69) is 5.32 Å². The Morgan fingerprint density at radius 2 is 1.86 bits per heavy atom. The molecule has 1 aromatic carbocycles. The minimum absolute atomic E-state index is 0.236.